The predicted molar refractivity (Wildman–Crippen MR) is 88.1 cm³/mol. The summed E-state index contributed by atoms with van der Waals surface area (Å²) in [5.74, 6) is 0.991. The lowest BCUT2D eigenvalue weighted by Crippen LogP contribution is -2.59. The fraction of sp³-hybridized carbons (Fsp3) is 0.500. The summed E-state index contributed by atoms with van der Waals surface area (Å²) < 4.78 is 24.4. The highest BCUT2D eigenvalue weighted by Gasteiger charge is 2.47. The molecule has 2 fully saturated rings. The Morgan fingerprint density at radius 3 is 2.61 bits per heavy atom. The maximum absolute atomic E-state index is 12.2. The van der Waals surface area contributed by atoms with Crippen molar-refractivity contribution in [2.24, 2.45) is 0 Å². The molecule has 0 saturated carbocycles. The van der Waals surface area contributed by atoms with Crippen molar-refractivity contribution < 1.29 is 8.42 Å². The Morgan fingerprint density at radius 1 is 1.09 bits per heavy atom. The molecule has 0 aliphatic carbocycles. The van der Waals surface area contributed by atoms with E-state index in [1.165, 1.54) is 0 Å². The minimum absolute atomic E-state index is 0.0264. The molecule has 0 aromatic carbocycles. The number of hydrogen-bond acceptors (Lipinski definition) is 8. The first kappa shape index (κ1) is 15.0. The minimum atomic E-state index is -3.04. The standard InChI is InChI=1S/C14H17N5O2S2/c20-23(21)9-11-12(10-23)19(14-16-2-1-3-17-14)6-5-18(11)8-13-15-4-7-22-13/h1-4,7,11-12H,5-6,8-10H2. The van der Waals surface area contributed by atoms with Gasteiger partial charge in [-0.3, -0.25) is 4.90 Å². The Labute approximate surface area is 138 Å². The summed E-state index contributed by atoms with van der Waals surface area (Å²) in [5.41, 5.74) is 0. The van der Waals surface area contributed by atoms with Crippen molar-refractivity contribution in [2.45, 2.75) is 18.6 Å². The molecular formula is C14H17N5O2S2. The molecule has 0 amide bonds. The van der Waals surface area contributed by atoms with Gasteiger partial charge in [-0.1, -0.05) is 0 Å². The van der Waals surface area contributed by atoms with Crippen molar-refractivity contribution in [2.75, 3.05) is 29.5 Å². The summed E-state index contributed by atoms with van der Waals surface area (Å²) in [6.07, 6.45) is 5.18. The Balaban J connectivity index is 1.61. The Bertz CT molecular complexity index is 766. The van der Waals surface area contributed by atoms with E-state index in [4.69, 9.17) is 0 Å². The quantitative estimate of drug-likeness (QED) is 0.793. The number of anilines is 1. The van der Waals surface area contributed by atoms with E-state index in [-0.39, 0.29) is 23.6 Å². The molecule has 2 aromatic heterocycles. The maximum atomic E-state index is 12.2. The van der Waals surface area contributed by atoms with Crippen LogP contribution in [0.2, 0.25) is 0 Å². The van der Waals surface area contributed by atoms with Crippen molar-refractivity contribution in [1.82, 2.24) is 19.9 Å². The number of rotatable bonds is 3. The van der Waals surface area contributed by atoms with Crippen molar-refractivity contribution >= 4 is 27.1 Å². The van der Waals surface area contributed by atoms with Crippen molar-refractivity contribution in [3.8, 4) is 0 Å². The number of fused-ring (bicyclic) bond motifs is 1. The van der Waals surface area contributed by atoms with Gasteiger partial charge in [0.1, 0.15) is 5.01 Å². The number of piperazine rings is 1. The second-order valence-electron chi connectivity index (χ2n) is 5.85. The van der Waals surface area contributed by atoms with Crippen LogP contribution in [0.4, 0.5) is 5.95 Å². The third kappa shape index (κ3) is 2.96. The maximum Gasteiger partial charge on any atom is 0.225 e. The van der Waals surface area contributed by atoms with Crippen LogP contribution < -0.4 is 4.90 Å². The molecule has 2 aliphatic heterocycles. The highest BCUT2D eigenvalue weighted by atomic mass is 32.2. The molecule has 7 nitrogen and oxygen atoms in total. The molecule has 0 radical (unpaired) electrons. The summed E-state index contributed by atoms with van der Waals surface area (Å²) in [4.78, 5) is 17.2. The normalized spacial score (nSPS) is 27.0. The van der Waals surface area contributed by atoms with Gasteiger partial charge in [-0.2, -0.15) is 0 Å². The van der Waals surface area contributed by atoms with Gasteiger partial charge >= 0.3 is 0 Å². The van der Waals surface area contributed by atoms with E-state index < -0.39 is 9.84 Å². The third-order valence-corrected chi connectivity index (χ3v) is 6.89. The summed E-state index contributed by atoms with van der Waals surface area (Å²) in [6.45, 7) is 2.22. The van der Waals surface area contributed by atoms with Crippen LogP contribution >= 0.6 is 11.3 Å². The summed E-state index contributed by atoms with van der Waals surface area (Å²) in [6, 6.07) is 1.66. The van der Waals surface area contributed by atoms with E-state index in [0.29, 0.717) is 12.5 Å². The fourth-order valence-corrected chi connectivity index (χ4v) is 6.07. The van der Waals surface area contributed by atoms with Crippen molar-refractivity contribution in [3.63, 3.8) is 0 Å². The molecule has 2 aromatic rings. The van der Waals surface area contributed by atoms with Gasteiger partial charge in [0.05, 0.1) is 24.1 Å². The van der Waals surface area contributed by atoms with Gasteiger partial charge < -0.3 is 4.90 Å². The second kappa shape index (κ2) is 5.81. The molecule has 0 N–H and O–H groups in total. The zero-order chi connectivity index (χ0) is 15.9. The van der Waals surface area contributed by atoms with Gasteiger partial charge in [-0.15, -0.1) is 11.3 Å². The Hall–Kier alpha value is -1.58. The molecule has 2 atom stereocenters. The van der Waals surface area contributed by atoms with Crippen LogP contribution in [0.25, 0.3) is 0 Å². The number of sulfone groups is 1. The highest BCUT2D eigenvalue weighted by Crippen LogP contribution is 2.30. The minimum Gasteiger partial charge on any atom is -0.334 e. The van der Waals surface area contributed by atoms with Crippen LogP contribution in [0.3, 0.4) is 0 Å². The molecule has 9 heteroatoms. The van der Waals surface area contributed by atoms with Crippen LogP contribution in [0.15, 0.2) is 30.0 Å². The zero-order valence-electron chi connectivity index (χ0n) is 12.4. The molecule has 4 heterocycles. The summed E-state index contributed by atoms with van der Waals surface area (Å²) >= 11 is 1.61. The van der Waals surface area contributed by atoms with Crippen molar-refractivity contribution in [1.29, 1.82) is 0 Å². The van der Waals surface area contributed by atoms with E-state index in [1.54, 1.807) is 36.0 Å². The van der Waals surface area contributed by atoms with Crippen LogP contribution in [0, 0.1) is 0 Å². The first-order chi connectivity index (χ1) is 11.1. The SMILES string of the molecule is O=S1(=O)CC2C(C1)N(c1ncccn1)CCN2Cc1nccs1. The Morgan fingerprint density at radius 2 is 1.87 bits per heavy atom. The smallest absolute Gasteiger partial charge is 0.225 e. The van der Waals surface area contributed by atoms with Gasteiger partial charge in [0, 0.05) is 43.1 Å². The highest BCUT2D eigenvalue weighted by molar-refractivity contribution is 7.91. The molecule has 2 unspecified atom stereocenters. The molecule has 2 aliphatic rings. The summed E-state index contributed by atoms with van der Waals surface area (Å²) in [7, 11) is -3.04. The number of hydrogen-bond donors (Lipinski definition) is 0. The van der Waals surface area contributed by atoms with Gasteiger partial charge in [-0.25, -0.2) is 23.4 Å². The molecule has 122 valence electrons. The molecule has 0 spiro atoms. The van der Waals surface area contributed by atoms with Crippen LogP contribution in [-0.4, -0.2) is 64.9 Å². The third-order valence-electron chi connectivity index (χ3n) is 4.42. The molecule has 4 rings (SSSR count). The lowest BCUT2D eigenvalue weighted by atomic mass is 10.1. The van der Waals surface area contributed by atoms with E-state index in [0.717, 1.165) is 18.1 Å². The molecule has 0 bridgehead atoms. The van der Waals surface area contributed by atoms with E-state index in [2.05, 4.69) is 19.9 Å². The average Bonchev–Trinajstić information content (AvgIpc) is 3.15. The van der Waals surface area contributed by atoms with Gasteiger partial charge in [0.25, 0.3) is 0 Å². The van der Waals surface area contributed by atoms with Gasteiger partial charge in [0.2, 0.25) is 5.95 Å². The second-order valence-corrected chi connectivity index (χ2v) is 8.98. The van der Waals surface area contributed by atoms with Crippen LogP contribution in [0.1, 0.15) is 5.01 Å². The number of aromatic nitrogens is 3. The first-order valence-electron chi connectivity index (χ1n) is 7.49. The van der Waals surface area contributed by atoms with Gasteiger partial charge in [-0.05, 0) is 6.07 Å². The molecule has 2 saturated heterocycles. The van der Waals surface area contributed by atoms with Crippen LogP contribution in [-0.2, 0) is 16.4 Å². The van der Waals surface area contributed by atoms with Crippen molar-refractivity contribution in [3.05, 3.63) is 35.0 Å². The predicted octanol–water partition coefficient (Wildman–Crippen LogP) is 0.421. The Kier molecular flexibility index (Phi) is 3.78. The first-order valence-corrected chi connectivity index (χ1v) is 10.2. The number of nitrogens with zero attached hydrogens (tertiary/aromatic N) is 5. The van der Waals surface area contributed by atoms with E-state index in [1.807, 2.05) is 10.3 Å². The fourth-order valence-electron chi connectivity index (χ4n) is 3.41. The monoisotopic (exact) mass is 351 g/mol. The topological polar surface area (TPSA) is 79.3 Å². The van der Waals surface area contributed by atoms with Gasteiger partial charge in [0.15, 0.2) is 9.84 Å². The zero-order valence-corrected chi connectivity index (χ0v) is 14.1. The lowest BCUT2D eigenvalue weighted by Gasteiger charge is -2.43. The molecule has 23 heavy (non-hydrogen) atoms. The summed E-state index contributed by atoms with van der Waals surface area (Å²) in [5, 5.41) is 2.98. The van der Waals surface area contributed by atoms with E-state index >= 15 is 0 Å². The lowest BCUT2D eigenvalue weighted by molar-refractivity contribution is 0.159. The molecular weight excluding hydrogens is 334 g/mol. The van der Waals surface area contributed by atoms with E-state index in [9.17, 15) is 8.42 Å². The average molecular weight is 351 g/mol. The largest absolute Gasteiger partial charge is 0.334 e. The number of thiazole rings is 1. The van der Waals surface area contributed by atoms with Crippen LogP contribution in [0.5, 0.6) is 0 Å².